The zero-order valence-electron chi connectivity index (χ0n) is 13.9. The quantitative estimate of drug-likeness (QED) is 0.796. The number of nitrogens with zero attached hydrogens (tertiary/aromatic N) is 2. The molecule has 0 radical (unpaired) electrons. The summed E-state index contributed by atoms with van der Waals surface area (Å²) in [5.74, 6) is 0.511. The molecule has 0 aliphatic rings. The average molecular weight is 321 g/mol. The van der Waals surface area contributed by atoms with Crippen molar-refractivity contribution in [2.45, 2.75) is 13.8 Å². The summed E-state index contributed by atoms with van der Waals surface area (Å²) >= 11 is 0. The van der Waals surface area contributed by atoms with Crippen molar-refractivity contribution in [2.24, 2.45) is 0 Å². The van der Waals surface area contributed by atoms with Crippen LogP contribution in [0, 0.1) is 13.8 Å². The maximum Gasteiger partial charge on any atom is 0.276 e. The molecule has 0 atom stereocenters. The highest BCUT2D eigenvalue weighted by Gasteiger charge is 2.14. The van der Waals surface area contributed by atoms with Gasteiger partial charge in [-0.15, -0.1) is 0 Å². The second kappa shape index (κ2) is 6.58. The Morgan fingerprint density at radius 3 is 2.54 bits per heavy atom. The van der Waals surface area contributed by atoms with Gasteiger partial charge in [0.15, 0.2) is 5.69 Å². The summed E-state index contributed by atoms with van der Waals surface area (Å²) in [6.07, 6.45) is 0. The molecule has 3 rings (SSSR count). The van der Waals surface area contributed by atoms with Crippen LogP contribution in [0.1, 0.15) is 21.7 Å². The van der Waals surface area contributed by atoms with Crippen LogP contribution < -0.4 is 10.1 Å². The molecular formula is C19H19N3O2. The molecule has 5 heteroatoms. The number of hydrogen-bond acceptors (Lipinski definition) is 3. The van der Waals surface area contributed by atoms with Crippen LogP contribution in [-0.4, -0.2) is 22.8 Å². The highest BCUT2D eigenvalue weighted by atomic mass is 16.5. The van der Waals surface area contributed by atoms with E-state index >= 15 is 0 Å². The van der Waals surface area contributed by atoms with Gasteiger partial charge in [0.1, 0.15) is 5.75 Å². The van der Waals surface area contributed by atoms with Gasteiger partial charge in [-0.05, 0) is 44.2 Å². The van der Waals surface area contributed by atoms with Crippen LogP contribution in [0.25, 0.3) is 5.69 Å². The van der Waals surface area contributed by atoms with Crippen molar-refractivity contribution in [1.82, 2.24) is 9.78 Å². The molecule has 1 amide bonds. The van der Waals surface area contributed by atoms with E-state index in [0.717, 1.165) is 28.4 Å². The molecule has 0 saturated heterocycles. The summed E-state index contributed by atoms with van der Waals surface area (Å²) in [7, 11) is 1.62. The number of anilines is 1. The first kappa shape index (κ1) is 15.8. The molecule has 0 bridgehead atoms. The predicted octanol–water partition coefficient (Wildman–Crippen LogP) is 3.75. The van der Waals surface area contributed by atoms with Crippen molar-refractivity contribution in [3.8, 4) is 11.4 Å². The third-order valence-corrected chi connectivity index (χ3v) is 3.73. The minimum atomic E-state index is -0.233. The Morgan fingerprint density at radius 1 is 1.08 bits per heavy atom. The van der Waals surface area contributed by atoms with Crippen molar-refractivity contribution in [3.63, 3.8) is 0 Å². The summed E-state index contributed by atoms with van der Waals surface area (Å²) in [5.41, 5.74) is 3.99. The number of benzene rings is 2. The Kier molecular flexibility index (Phi) is 4.33. The van der Waals surface area contributed by atoms with Gasteiger partial charge in [-0.25, -0.2) is 4.68 Å². The van der Waals surface area contributed by atoms with Crippen LogP contribution >= 0.6 is 0 Å². The van der Waals surface area contributed by atoms with Gasteiger partial charge in [-0.3, -0.25) is 4.79 Å². The van der Waals surface area contributed by atoms with E-state index in [4.69, 9.17) is 4.74 Å². The first-order valence-electron chi connectivity index (χ1n) is 7.66. The number of ether oxygens (including phenoxy) is 1. The maximum atomic E-state index is 12.4. The first-order chi connectivity index (χ1) is 11.6. The van der Waals surface area contributed by atoms with E-state index in [9.17, 15) is 4.79 Å². The molecule has 0 fully saturated rings. The van der Waals surface area contributed by atoms with Crippen LogP contribution in [0.3, 0.4) is 0 Å². The molecular weight excluding hydrogens is 302 g/mol. The fourth-order valence-corrected chi connectivity index (χ4v) is 2.42. The summed E-state index contributed by atoms with van der Waals surface area (Å²) < 4.78 is 6.97. The number of amides is 1. The number of aromatic nitrogens is 2. The number of carbonyl (C=O) groups is 1. The Balaban J connectivity index is 1.85. The summed E-state index contributed by atoms with van der Waals surface area (Å²) in [6.45, 7) is 3.92. The van der Waals surface area contributed by atoms with E-state index in [0.29, 0.717) is 5.69 Å². The second-order valence-electron chi connectivity index (χ2n) is 5.60. The molecule has 2 aromatic carbocycles. The first-order valence-corrected chi connectivity index (χ1v) is 7.66. The van der Waals surface area contributed by atoms with E-state index in [1.165, 1.54) is 0 Å². The molecule has 0 saturated carbocycles. The molecule has 0 spiro atoms. The average Bonchev–Trinajstić information content (AvgIpc) is 2.99. The van der Waals surface area contributed by atoms with Crippen LogP contribution in [0.5, 0.6) is 5.75 Å². The highest BCUT2D eigenvalue weighted by Crippen LogP contribution is 2.18. The lowest BCUT2D eigenvalue weighted by Crippen LogP contribution is -2.13. The van der Waals surface area contributed by atoms with Crippen molar-refractivity contribution in [1.29, 1.82) is 0 Å². The standard InChI is InChI=1S/C19H19N3O2/c1-13-7-9-15(10-8-13)20-19(23)18-11-14(2)22(21-18)16-5-4-6-17(12-16)24-3/h4-12H,1-3H3,(H,20,23). The lowest BCUT2D eigenvalue weighted by molar-refractivity contribution is 0.102. The van der Waals surface area contributed by atoms with Crippen LogP contribution in [0.15, 0.2) is 54.6 Å². The van der Waals surface area contributed by atoms with Crippen molar-refractivity contribution >= 4 is 11.6 Å². The zero-order valence-corrected chi connectivity index (χ0v) is 13.9. The molecule has 1 heterocycles. The normalized spacial score (nSPS) is 10.5. The Bertz CT molecular complexity index is 867. The monoisotopic (exact) mass is 321 g/mol. The van der Waals surface area contributed by atoms with Gasteiger partial charge in [0.05, 0.1) is 12.8 Å². The lowest BCUT2D eigenvalue weighted by Gasteiger charge is -2.06. The van der Waals surface area contributed by atoms with Gasteiger partial charge in [-0.1, -0.05) is 23.8 Å². The second-order valence-corrected chi connectivity index (χ2v) is 5.60. The molecule has 1 N–H and O–H groups in total. The van der Waals surface area contributed by atoms with Gasteiger partial charge in [0, 0.05) is 17.4 Å². The Hall–Kier alpha value is -3.08. The van der Waals surface area contributed by atoms with E-state index in [1.807, 2.05) is 62.4 Å². The predicted molar refractivity (Wildman–Crippen MR) is 94.0 cm³/mol. The minimum absolute atomic E-state index is 0.233. The summed E-state index contributed by atoms with van der Waals surface area (Å²) in [5, 5.41) is 7.28. The number of carbonyl (C=O) groups excluding carboxylic acids is 1. The highest BCUT2D eigenvalue weighted by molar-refractivity contribution is 6.02. The van der Waals surface area contributed by atoms with E-state index in [1.54, 1.807) is 17.9 Å². The lowest BCUT2D eigenvalue weighted by atomic mass is 10.2. The minimum Gasteiger partial charge on any atom is -0.497 e. The van der Waals surface area contributed by atoms with E-state index in [-0.39, 0.29) is 5.91 Å². The number of aryl methyl sites for hydroxylation is 2. The van der Waals surface area contributed by atoms with E-state index < -0.39 is 0 Å². The molecule has 5 nitrogen and oxygen atoms in total. The van der Waals surface area contributed by atoms with E-state index in [2.05, 4.69) is 10.4 Å². The van der Waals surface area contributed by atoms with Crippen LogP contribution in [-0.2, 0) is 0 Å². The third kappa shape index (κ3) is 3.30. The fourth-order valence-electron chi connectivity index (χ4n) is 2.42. The van der Waals surface area contributed by atoms with Crippen molar-refractivity contribution in [3.05, 3.63) is 71.5 Å². The molecule has 1 aromatic heterocycles. The van der Waals surface area contributed by atoms with Crippen molar-refractivity contribution < 1.29 is 9.53 Å². The Morgan fingerprint density at radius 2 is 1.83 bits per heavy atom. The molecule has 24 heavy (non-hydrogen) atoms. The van der Waals surface area contributed by atoms with Crippen molar-refractivity contribution in [2.75, 3.05) is 12.4 Å². The summed E-state index contributed by atoms with van der Waals surface area (Å²) in [6, 6.07) is 17.0. The van der Waals surface area contributed by atoms with Gasteiger partial charge in [0.2, 0.25) is 0 Å². The third-order valence-electron chi connectivity index (χ3n) is 3.73. The van der Waals surface area contributed by atoms with Gasteiger partial charge >= 0.3 is 0 Å². The molecule has 122 valence electrons. The van der Waals surface area contributed by atoms with Crippen LogP contribution in [0.2, 0.25) is 0 Å². The largest absolute Gasteiger partial charge is 0.497 e. The van der Waals surface area contributed by atoms with Gasteiger partial charge in [0.25, 0.3) is 5.91 Å². The smallest absolute Gasteiger partial charge is 0.276 e. The molecule has 0 aliphatic carbocycles. The fraction of sp³-hybridized carbons (Fsp3) is 0.158. The zero-order chi connectivity index (χ0) is 17.1. The molecule has 3 aromatic rings. The van der Waals surface area contributed by atoms with Gasteiger partial charge in [-0.2, -0.15) is 5.10 Å². The maximum absolute atomic E-state index is 12.4. The number of nitrogens with one attached hydrogen (secondary N) is 1. The molecule has 0 aliphatic heterocycles. The number of hydrogen-bond donors (Lipinski definition) is 1. The topological polar surface area (TPSA) is 56.2 Å². The Labute approximate surface area is 140 Å². The van der Waals surface area contributed by atoms with Gasteiger partial charge < -0.3 is 10.1 Å². The number of rotatable bonds is 4. The molecule has 0 unspecified atom stereocenters. The van der Waals surface area contributed by atoms with Crippen LogP contribution in [0.4, 0.5) is 5.69 Å². The SMILES string of the molecule is COc1cccc(-n2nc(C(=O)Nc3ccc(C)cc3)cc2C)c1. The summed E-state index contributed by atoms with van der Waals surface area (Å²) in [4.78, 5) is 12.4. The number of methoxy groups -OCH3 is 1.